The van der Waals surface area contributed by atoms with Gasteiger partial charge in [-0.25, -0.2) is 28.1 Å². The van der Waals surface area contributed by atoms with Crippen molar-refractivity contribution < 1.29 is 17.2 Å². The zero-order valence-electron chi connectivity index (χ0n) is 20.4. The maximum atomic E-state index is 13.5. The highest BCUT2D eigenvalue weighted by molar-refractivity contribution is 7.90. The highest BCUT2D eigenvalue weighted by atomic mass is 35.5. The van der Waals surface area contributed by atoms with E-state index in [0.717, 1.165) is 17.5 Å². The van der Waals surface area contributed by atoms with Crippen molar-refractivity contribution in [3.05, 3.63) is 78.9 Å². The van der Waals surface area contributed by atoms with Crippen LogP contribution in [0.15, 0.2) is 78.2 Å². The lowest BCUT2D eigenvalue weighted by Crippen LogP contribution is -2.21. The number of nitrogens with zero attached hydrogens (tertiary/aromatic N) is 6. The minimum atomic E-state index is -3.52. The van der Waals surface area contributed by atoms with Crippen LogP contribution in [-0.4, -0.2) is 56.3 Å². The summed E-state index contributed by atoms with van der Waals surface area (Å²) >= 11 is 5.11. The van der Waals surface area contributed by atoms with Gasteiger partial charge < -0.3 is 10.6 Å². The third kappa shape index (κ3) is 6.44. The van der Waals surface area contributed by atoms with Crippen LogP contribution in [0.25, 0.3) is 28.0 Å². The number of fused-ring (bicyclic) bond motifs is 1. The number of alkyl halides is 3. The normalized spacial score (nSPS) is 12.0. The van der Waals surface area contributed by atoms with Gasteiger partial charge in [0.05, 0.1) is 28.3 Å². The van der Waals surface area contributed by atoms with E-state index in [1.165, 1.54) is 18.5 Å². The van der Waals surface area contributed by atoms with Crippen LogP contribution in [0.4, 0.5) is 20.5 Å². The third-order valence-corrected chi connectivity index (χ3v) is 6.87. The van der Waals surface area contributed by atoms with Crippen LogP contribution >= 0.6 is 11.6 Å². The van der Waals surface area contributed by atoms with Gasteiger partial charge in [0.15, 0.2) is 15.7 Å². The van der Waals surface area contributed by atoms with Crippen molar-refractivity contribution in [2.45, 2.75) is 16.8 Å². The van der Waals surface area contributed by atoms with E-state index in [1.54, 1.807) is 35.3 Å². The van der Waals surface area contributed by atoms with E-state index < -0.39 is 21.8 Å². The first-order valence-corrected chi connectivity index (χ1v) is 13.8. The average molecular weight is 571 g/mol. The summed E-state index contributed by atoms with van der Waals surface area (Å²) in [6.45, 7) is -0.530. The van der Waals surface area contributed by atoms with E-state index in [9.17, 15) is 17.2 Å². The second kappa shape index (κ2) is 10.5. The van der Waals surface area contributed by atoms with Gasteiger partial charge in [-0.05, 0) is 53.6 Å². The van der Waals surface area contributed by atoms with Gasteiger partial charge >= 0.3 is 5.38 Å². The van der Waals surface area contributed by atoms with Crippen LogP contribution in [0, 0.1) is 0 Å². The number of aromatic nitrogens is 6. The Kier molecular flexibility index (Phi) is 7.10. The summed E-state index contributed by atoms with van der Waals surface area (Å²) in [6.07, 6.45) is 4.15. The van der Waals surface area contributed by atoms with Gasteiger partial charge in [0.1, 0.15) is 18.2 Å². The van der Waals surface area contributed by atoms with Crippen molar-refractivity contribution in [1.82, 2.24) is 29.7 Å². The highest BCUT2D eigenvalue weighted by Gasteiger charge is 2.25. The van der Waals surface area contributed by atoms with Gasteiger partial charge in [0, 0.05) is 18.4 Å². The summed E-state index contributed by atoms with van der Waals surface area (Å²) in [7, 11) is -3.44. The Morgan fingerprint density at radius 2 is 1.79 bits per heavy atom. The van der Waals surface area contributed by atoms with Crippen molar-refractivity contribution in [2.24, 2.45) is 0 Å². The van der Waals surface area contributed by atoms with E-state index in [2.05, 4.69) is 35.7 Å². The number of halogens is 3. The van der Waals surface area contributed by atoms with Crippen molar-refractivity contribution in [1.29, 1.82) is 0 Å². The predicted molar refractivity (Wildman–Crippen MR) is 144 cm³/mol. The fourth-order valence-corrected chi connectivity index (χ4v) is 4.47. The standard InChI is InChI=1S/C25H21ClF2N8O2S/c1-39(37,38)19-4-2-3-17(11-19)20-9-10-21-22(33-20)23(31-13-25(26,27)28)35-24(34-21)30-12-16-5-7-18(8-6-16)36-15-29-14-32-36/h2-11,14-15H,12-13H2,1H3,(H2,30,31,34,35). The molecule has 0 radical (unpaired) electrons. The Morgan fingerprint density at radius 1 is 1.00 bits per heavy atom. The Morgan fingerprint density at radius 3 is 2.49 bits per heavy atom. The second-order valence-electron chi connectivity index (χ2n) is 8.59. The molecule has 0 atom stereocenters. The van der Waals surface area contributed by atoms with Gasteiger partial charge in [0.25, 0.3) is 0 Å². The molecular weight excluding hydrogens is 550 g/mol. The summed E-state index contributed by atoms with van der Waals surface area (Å²) in [5.74, 6) is 0.238. The lowest BCUT2D eigenvalue weighted by atomic mass is 10.1. The lowest BCUT2D eigenvalue weighted by Gasteiger charge is -2.14. The Labute approximate surface area is 227 Å². The second-order valence-corrected chi connectivity index (χ2v) is 11.2. The predicted octanol–water partition coefficient (Wildman–Crippen LogP) is 4.53. The van der Waals surface area contributed by atoms with Crippen LogP contribution in [0.3, 0.4) is 0 Å². The molecule has 0 bridgehead atoms. The van der Waals surface area contributed by atoms with Crippen molar-refractivity contribution in [3.8, 4) is 16.9 Å². The number of anilines is 2. The Balaban J connectivity index is 1.45. The van der Waals surface area contributed by atoms with Gasteiger partial charge in [-0.2, -0.15) is 18.9 Å². The maximum absolute atomic E-state index is 13.5. The summed E-state index contributed by atoms with van der Waals surface area (Å²) in [5, 5.41) is 6.24. The molecule has 0 unspecified atom stereocenters. The first-order chi connectivity index (χ1) is 18.5. The van der Waals surface area contributed by atoms with Crippen molar-refractivity contribution in [2.75, 3.05) is 23.4 Å². The number of pyridine rings is 1. The molecule has 3 heterocycles. The quantitative estimate of drug-likeness (QED) is 0.246. The molecule has 5 aromatic rings. The maximum Gasteiger partial charge on any atom is 0.338 e. The zero-order chi connectivity index (χ0) is 27.6. The Hall–Kier alpha value is -4.23. The largest absolute Gasteiger partial charge is 0.361 e. The topological polar surface area (TPSA) is 128 Å². The molecule has 0 saturated carbocycles. The monoisotopic (exact) mass is 570 g/mol. The zero-order valence-corrected chi connectivity index (χ0v) is 22.0. The average Bonchev–Trinajstić information content (AvgIpc) is 3.45. The molecule has 0 aliphatic heterocycles. The summed E-state index contributed by atoms with van der Waals surface area (Å²) < 4.78 is 52.5. The van der Waals surface area contributed by atoms with Crippen molar-refractivity contribution in [3.63, 3.8) is 0 Å². The van der Waals surface area contributed by atoms with E-state index >= 15 is 0 Å². The first-order valence-electron chi connectivity index (χ1n) is 11.5. The molecule has 10 nitrogen and oxygen atoms in total. The van der Waals surface area contributed by atoms with Crippen LogP contribution < -0.4 is 10.6 Å². The Bertz CT molecular complexity index is 1730. The molecule has 0 aliphatic rings. The molecule has 0 aliphatic carbocycles. The van der Waals surface area contributed by atoms with Crippen LogP contribution in [-0.2, 0) is 16.4 Å². The van der Waals surface area contributed by atoms with Gasteiger partial charge in [-0.1, -0.05) is 24.3 Å². The number of nitrogens with one attached hydrogen (secondary N) is 2. The minimum absolute atomic E-state index is 0.0467. The summed E-state index contributed by atoms with van der Waals surface area (Å²) in [6, 6.07) is 17.2. The fraction of sp³-hybridized carbons (Fsp3) is 0.160. The molecule has 2 N–H and O–H groups in total. The third-order valence-electron chi connectivity index (χ3n) is 5.63. The molecule has 0 fully saturated rings. The molecule has 3 aromatic heterocycles. The van der Waals surface area contributed by atoms with E-state index in [-0.39, 0.29) is 22.2 Å². The van der Waals surface area contributed by atoms with E-state index in [0.29, 0.717) is 23.3 Å². The van der Waals surface area contributed by atoms with Crippen molar-refractivity contribution >= 4 is 44.2 Å². The SMILES string of the molecule is CS(=O)(=O)c1cccc(-c2ccc3nc(NCc4ccc(-n5cncn5)cc4)nc(NCC(F)(F)Cl)c3n2)c1. The number of hydrogen-bond donors (Lipinski definition) is 2. The number of hydrogen-bond acceptors (Lipinski definition) is 9. The molecule has 39 heavy (non-hydrogen) atoms. The fourth-order valence-electron chi connectivity index (χ4n) is 3.74. The van der Waals surface area contributed by atoms with Gasteiger partial charge in [-0.15, -0.1) is 0 Å². The van der Waals surface area contributed by atoms with Gasteiger partial charge in [0.2, 0.25) is 5.95 Å². The van der Waals surface area contributed by atoms with E-state index in [4.69, 9.17) is 11.6 Å². The molecular formula is C25H21ClF2N8O2S. The van der Waals surface area contributed by atoms with Crippen LogP contribution in [0.5, 0.6) is 0 Å². The lowest BCUT2D eigenvalue weighted by molar-refractivity contribution is 0.111. The van der Waals surface area contributed by atoms with E-state index in [1.807, 2.05) is 24.3 Å². The smallest absolute Gasteiger partial charge is 0.338 e. The van der Waals surface area contributed by atoms with Crippen LogP contribution in [0.1, 0.15) is 5.56 Å². The molecule has 14 heteroatoms. The number of rotatable bonds is 9. The molecule has 0 spiro atoms. The van der Waals surface area contributed by atoms with Gasteiger partial charge in [-0.3, -0.25) is 0 Å². The van der Waals surface area contributed by atoms with Crippen LogP contribution in [0.2, 0.25) is 0 Å². The number of benzene rings is 2. The summed E-state index contributed by atoms with van der Waals surface area (Å²) in [4.78, 5) is 17.5. The highest BCUT2D eigenvalue weighted by Crippen LogP contribution is 2.28. The summed E-state index contributed by atoms with van der Waals surface area (Å²) in [5.41, 5.74) is 3.33. The molecule has 5 rings (SSSR count). The first kappa shape index (κ1) is 26.4. The molecule has 200 valence electrons. The minimum Gasteiger partial charge on any atom is -0.361 e. The molecule has 2 aromatic carbocycles. The number of sulfone groups is 1. The molecule has 0 saturated heterocycles. The molecule has 0 amide bonds.